The molecule has 21 N–H and O–H groups in total. The van der Waals surface area contributed by atoms with Gasteiger partial charge in [-0.1, -0.05) is 64.7 Å². The Morgan fingerprint density at radius 3 is 1.93 bits per heavy atom. The summed E-state index contributed by atoms with van der Waals surface area (Å²) in [6.45, 7) is 5.64. The Labute approximate surface area is 412 Å². The average Bonchev–Trinajstić information content (AvgIpc) is 3.32. The quantitative estimate of drug-likeness (QED) is 0.0146. The summed E-state index contributed by atoms with van der Waals surface area (Å²) < 4.78 is 0. The Bertz CT molecular complexity index is 1710. The van der Waals surface area contributed by atoms with Gasteiger partial charge in [0, 0.05) is 45.2 Å². The molecular formula is C46H86N14O10. The minimum atomic E-state index is -1.87. The molecule has 1 aliphatic rings. The van der Waals surface area contributed by atoms with Crippen LogP contribution in [0.2, 0.25) is 0 Å². The van der Waals surface area contributed by atoms with Crippen LogP contribution in [0.15, 0.2) is 28.9 Å². The lowest BCUT2D eigenvalue weighted by atomic mass is 10.0. The van der Waals surface area contributed by atoms with Crippen molar-refractivity contribution in [3.05, 3.63) is 23.9 Å². The number of carbonyl (C=O) groups is 7. The number of guanidine groups is 1. The molecule has 1 fully saturated rings. The summed E-state index contributed by atoms with van der Waals surface area (Å²) in [4.78, 5) is 100. The molecule has 1 aliphatic heterocycles. The minimum absolute atomic E-state index is 0.0130. The normalized spacial score (nSPS) is 24.4. The van der Waals surface area contributed by atoms with Crippen molar-refractivity contribution in [3.63, 3.8) is 0 Å². The van der Waals surface area contributed by atoms with E-state index in [2.05, 4.69) is 66.6 Å². The predicted molar refractivity (Wildman–Crippen MR) is 267 cm³/mol. The Kier molecular flexibility index (Phi) is 32.1. The Balaban J connectivity index is 3.67. The lowest BCUT2D eigenvalue weighted by Crippen LogP contribution is -2.64. The van der Waals surface area contributed by atoms with Crippen molar-refractivity contribution in [1.82, 2.24) is 42.5 Å². The summed E-state index contributed by atoms with van der Waals surface area (Å²) in [6, 6.07) is -8.38. The van der Waals surface area contributed by atoms with E-state index in [4.69, 9.17) is 28.7 Å². The minimum Gasteiger partial charge on any atom is -0.389 e. The van der Waals surface area contributed by atoms with E-state index >= 15 is 0 Å². The molecule has 400 valence electrons. The van der Waals surface area contributed by atoms with Crippen molar-refractivity contribution in [1.29, 1.82) is 0 Å². The van der Waals surface area contributed by atoms with Crippen molar-refractivity contribution >= 4 is 47.3 Å². The SMILES string of the molecule is C/C=C1\NC(=O)C(NC(=O)CCCCC/C=C\CCCCCC)C(O)CNC(=O)C(C(O)CN)NC(=O)C(C(O)CN)NC(=O)[C@H](CCCN=C(N)N)NC[C@H](CC(C)C)NC(=O)[C@H](CCN)NC1=O. The summed E-state index contributed by atoms with van der Waals surface area (Å²) >= 11 is 0. The molecule has 7 amide bonds. The second-order valence-corrected chi connectivity index (χ2v) is 17.9. The van der Waals surface area contributed by atoms with E-state index in [1.807, 2.05) is 13.8 Å². The van der Waals surface area contributed by atoms with E-state index in [9.17, 15) is 48.9 Å². The van der Waals surface area contributed by atoms with Gasteiger partial charge in [0.15, 0.2) is 5.96 Å². The van der Waals surface area contributed by atoms with Crippen molar-refractivity contribution < 1.29 is 48.9 Å². The van der Waals surface area contributed by atoms with Gasteiger partial charge >= 0.3 is 0 Å². The van der Waals surface area contributed by atoms with Gasteiger partial charge in [0.25, 0.3) is 5.91 Å². The molecule has 0 bridgehead atoms. The number of hydrogen-bond donors (Lipinski definition) is 16. The third-order valence-electron chi connectivity index (χ3n) is 11.4. The van der Waals surface area contributed by atoms with Crippen LogP contribution in [0.4, 0.5) is 0 Å². The molecular weight excluding hydrogens is 909 g/mol. The van der Waals surface area contributed by atoms with Gasteiger partial charge in [-0.05, 0) is 77.2 Å². The van der Waals surface area contributed by atoms with E-state index < -0.39 is 116 Å². The zero-order valence-electron chi connectivity index (χ0n) is 41.7. The molecule has 1 rings (SSSR count). The molecule has 0 aromatic heterocycles. The van der Waals surface area contributed by atoms with Gasteiger partial charge in [0.1, 0.15) is 36.0 Å². The van der Waals surface area contributed by atoms with Gasteiger partial charge in [-0.3, -0.25) is 38.6 Å². The predicted octanol–water partition coefficient (Wildman–Crippen LogP) is -3.56. The largest absolute Gasteiger partial charge is 0.389 e. The number of amides is 7. The zero-order valence-corrected chi connectivity index (χ0v) is 41.7. The molecule has 0 spiro atoms. The number of nitrogens with two attached hydrogens (primary N) is 5. The molecule has 1 saturated heterocycles. The first kappa shape index (κ1) is 62.8. The first-order valence-electron chi connectivity index (χ1n) is 24.7. The molecule has 24 heteroatoms. The molecule has 9 atom stereocenters. The number of unbranched alkanes of at least 4 members (excludes halogenated alkanes) is 7. The Morgan fingerprint density at radius 1 is 0.757 bits per heavy atom. The van der Waals surface area contributed by atoms with E-state index in [1.165, 1.54) is 32.3 Å². The molecule has 0 saturated carbocycles. The number of aliphatic imine (C=N–C) groups is 1. The number of hydrogen-bond acceptors (Lipinski definition) is 15. The summed E-state index contributed by atoms with van der Waals surface area (Å²) in [7, 11) is 0. The number of allylic oxidation sites excluding steroid dienone is 3. The van der Waals surface area contributed by atoms with Crippen molar-refractivity contribution in [2.24, 2.45) is 39.6 Å². The van der Waals surface area contributed by atoms with Crippen LogP contribution in [0.3, 0.4) is 0 Å². The zero-order chi connectivity index (χ0) is 52.6. The number of carbonyl (C=O) groups excluding carboxylic acids is 7. The van der Waals surface area contributed by atoms with Gasteiger partial charge in [-0.25, -0.2) is 0 Å². The van der Waals surface area contributed by atoms with E-state index in [1.54, 1.807) is 0 Å². The molecule has 0 aliphatic carbocycles. The maximum atomic E-state index is 14.0. The van der Waals surface area contributed by atoms with Crippen molar-refractivity contribution in [3.8, 4) is 0 Å². The second-order valence-electron chi connectivity index (χ2n) is 17.9. The van der Waals surface area contributed by atoms with Crippen LogP contribution in [0.1, 0.15) is 118 Å². The number of nitrogens with one attached hydrogen (secondary N) is 8. The number of nitrogens with zero attached hydrogens (tertiary/aromatic N) is 1. The summed E-state index contributed by atoms with van der Waals surface area (Å²) in [6.07, 6.45) is 9.40. The van der Waals surface area contributed by atoms with E-state index in [0.29, 0.717) is 19.3 Å². The lowest BCUT2D eigenvalue weighted by Gasteiger charge is -2.30. The van der Waals surface area contributed by atoms with Crippen LogP contribution in [0.5, 0.6) is 0 Å². The maximum Gasteiger partial charge on any atom is 0.268 e. The average molecular weight is 995 g/mol. The van der Waals surface area contributed by atoms with Gasteiger partial charge in [0.2, 0.25) is 35.4 Å². The van der Waals surface area contributed by atoms with Crippen LogP contribution >= 0.6 is 0 Å². The highest BCUT2D eigenvalue weighted by Gasteiger charge is 2.37. The Morgan fingerprint density at radius 2 is 1.36 bits per heavy atom. The molecule has 0 aromatic rings. The topological polar surface area (TPSA) is 419 Å². The van der Waals surface area contributed by atoms with Crippen LogP contribution in [-0.4, -0.2) is 156 Å². The molecule has 6 unspecified atom stereocenters. The second kappa shape index (κ2) is 35.8. The molecule has 0 radical (unpaired) electrons. The smallest absolute Gasteiger partial charge is 0.268 e. The van der Waals surface area contributed by atoms with Crippen LogP contribution in [-0.2, 0) is 33.6 Å². The van der Waals surface area contributed by atoms with Gasteiger partial charge in [-0.2, -0.15) is 0 Å². The first-order valence-corrected chi connectivity index (χ1v) is 24.7. The maximum absolute atomic E-state index is 14.0. The van der Waals surface area contributed by atoms with Gasteiger partial charge in [0.05, 0.1) is 18.2 Å². The standard InChI is InChI=1S/C46H86N14O10/c1-5-7-8-9-10-11-12-13-14-15-16-19-36(64)58-39-35(63)27-54-43(68)37(33(61)24-48)60-45(70)38(34(62)25-49)59-41(66)31(18-17-22-52-46(50)51)53-26-29(23-28(3)4)55-42(67)32(20-21-47)57-40(65)30(6-2)56-44(39)69/h6,11-12,28-29,31-35,37-39,53,61-63H,5,7-10,13-27,47-49H2,1-4H3,(H,54,68)(H,55,67)(H,56,69)(H,57,65)(H,58,64)(H,59,66)(H,60,70)(H4,50,51,52)/b12-11-,30-6-/t29-,31-,32-,33?,34?,35?,37?,38?,39?/m0/s1. The third-order valence-corrected chi connectivity index (χ3v) is 11.4. The highest BCUT2D eigenvalue weighted by molar-refractivity contribution is 6.01. The number of rotatable bonds is 24. The van der Waals surface area contributed by atoms with Gasteiger partial charge < -0.3 is 86.5 Å². The highest BCUT2D eigenvalue weighted by Crippen LogP contribution is 2.11. The highest BCUT2D eigenvalue weighted by atomic mass is 16.3. The fourth-order valence-electron chi connectivity index (χ4n) is 7.43. The van der Waals surface area contributed by atoms with E-state index in [0.717, 1.165) is 25.7 Å². The number of aliphatic hydroxyl groups is 3. The van der Waals surface area contributed by atoms with Gasteiger partial charge in [-0.15, -0.1) is 0 Å². The monoisotopic (exact) mass is 995 g/mol. The molecule has 0 aromatic carbocycles. The number of β-amino-alcohol motifs (C(OH)–C–C–N with tert-alkyl or cyclic N) is 1. The summed E-state index contributed by atoms with van der Waals surface area (Å²) in [5, 5.41) is 53.8. The first-order chi connectivity index (χ1) is 33.3. The van der Waals surface area contributed by atoms with Crippen molar-refractivity contribution in [2.45, 2.75) is 172 Å². The van der Waals surface area contributed by atoms with Crippen molar-refractivity contribution in [2.75, 3.05) is 39.3 Å². The van der Waals surface area contributed by atoms with E-state index in [-0.39, 0.29) is 62.9 Å². The lowest BCUT2D eigenvalue weighted by molar-refractivity contribution is -0.137. The third kappa shape index (κ3) is 25.0. The molecule has 70 heavy (non-hydrogen) atoms. The van der Waals surface area contributed by atoms with Crippen LogP contribution < -0.4 is 71.2 Å². The molecule has 24 nitrogen and oxygen atoms in total. The summed E-state index contributed by atoms with van der Waals surface area (Å²) in [5.74, 6) is -6.42. The fraction of sp³-hybridized carbons (Fsp3) is 0.739. The summed E-state index contributed by atoms with van der Waals surface area (Å²) in [5.41, 5.74) is 27.9. The van der Waals surface area contributed by atoms with Crippen LogP contribution in [0, 0.1) is 5.92 Å². The molecule has 1 heterocycles. The number of aliphatic hydroxyl groups excluding tert-OH is 3. The Hall–Kier alpha value is -5.24. The fourth-order valence-corrected chi connectivity index (χ4v) is 7.43. The van der Waals surface area contributed by atoms with Crippen LogP contribution in [0.25, 0.3) is 0 Å².